The molecule has 0 aliphatic rings. The highest BCUT2D eigenvalue weighted by molar-refractivity contribution is 7.47. The Kier molecular flexibility index (Phi) is 3.52. The number of amides is 2. The van der Waals surface area contributed by atoms with Gasteiger partial charge in [-0.05, 0) is 0 Å². The molecule has 1 atom stereocenters. The van der Waals surface area contributed by atoms with Gasteiger partial charge in [-0.15, -0.1) is 0 Å². The van der Waals surface area contributed by atoms with E-state index in [9.17, 15) is 14.2 Å². The van der Waals surface area contributed by atoms with E-state index in [0.717, 1.165) is 0 Å². The standard InChI is InChI=1S/C2H5N2O6P/c3-2(6)4-10-11(7,8)9-1-5/h1H,(H,7,8)(H3,3,4,6). The Morgan fingerprint density at radius 3 is 2.64 bits per heavy atom. The van der Waals surface area contributed by atoms with E-state index in [1.807, 2.05) is 0 Å². The molecule has 0 aromatic heterocycles. The van der Waals surface area contributed by atoms with E-state index >= 15 is 0 Å². The van der Waals surface area contributed by atoms with Gasteiger partial charge in [-0.2, -0.15) is 4.62 Å². The van der Waals surface area contributed by atoms with Gasteiger partial charge >= 0.3 is 20.3 Å². The molecule has 9 heteroatoms. The number of phosphoric ester groups is 1. The number of primary amides is 1. The number of urea groups is 1. The molecule has 0 saturated heterocycles. The van der Waals surface area contributed by atoms with Gasteiger partial charge in [-0.3, -0.25) is 9.69 Å². The first kappa shape index (κ1) is 9.89. The molecule has 0 aliphatic heterocycles. The summed E-state index contributed by atoms with van der Waals surface area (Å²) in [5.74, 6) is 0. The molecule has 0 saturated carbocycles. The van der Waals surface area contributed by atoms with Crippen LogP contribution >= 0.6 is 7.82 Å². The molecule has 8 nitrogen and oxygen atoms in total. The minimum Gasteiger partial charge on any atom is -0.372 e. The monoisotopic (exact) mass is 184 g/mol. The lowest BCUT2D eigenvalue weighted by atomic mass is 11.2. The maximum absolute atomic E-state index is 10.3. The van der Waals surface area contributed by atoms with Crippen molar-refractivity contribution >= 4 is 20.3 Å². The summed E-state index contributed by atoms with van der Waals surface area (Å²) in [5.41, 5.74) is 5.76. The summed E-state index contributed by atoms with van der Waals surface area (Å²) in [7, 11) is -4.53. The molecule has 0 rings (SSSR count). The summed E-state index contributed by atoms with van der Waals surface area (Å²) in [5, 5.41) is 0. The molecule has 11 heavy (non-hydrogen) atoms. The predicted molar refractivity (Wildman–Crippen MR) is 30.8 cm³/mol. The molecule has 4 N–H and O–H groups in total. The van der Waals surface area contributed by atoms with Crippen molar-refractivity contribution in [3.63, 3.8) is 0 Å². The first-order valence-electron chi connectivity index (χ1n) is 2.17. The highest BCUT2D eigenvalue weighted by Crippen LogP contribution is 2.40. The Morgan fingerprint density at radius 1 is 1.73 bits per heavy atom. The molecule has 0 aromatic rings. The lowest BCUT2D eigenvalue weighted by Gasteiger charge is -2.06. The molecule has 2 amide bonds. The summed E-state index contributed by atoms with van der Waals surface area (Å²) < 4.78 is 17.5. The van der Waals surface area contributed by atoms with Crippen molar-refractivity contribution in [3.8, 4) is 0 Å². The largest absolute Gasteiger partial charge is 0.551 e. The Labute approximate surface area is 60.8 Å². The van der Waals surface area contributed by atoms with Gasteiger partial charge in [0.2, 0.25) is 0 Å². The van der Waals surface area contributed by atoms with Crippen LogP contribution in [0.4, 0.5) is 4.79 Å². The minimum absolute atomic E-state index is 0.302. The SMILES string of the molecule is NC(=O)NOP(=O)(O)OC=O. The van der Waals surface area contributed by atoms with Gasteiger partial charge in [0.05, 0.1) is 0 Å². The lowest BCUT2D eigenvalue weighted by Crippen LogP contribution is -2.28. The Bertz CT molecular complexity index is 203. The van der Waals surface area contributed by atoms with E-state index < -0.39 is 13.9 Å². The second-order valence-corrected chi connectivity index (χ2v) is 2.56. The lowest BCUT2D eigenvalue weighted by molar-refractivity contribution is -0.122. The minimum atomic E-state index is -4.53. The zero-order chi connectivity index (χ0) is 8.91. The molecular formula is C2H5N2O6P. The van der Waals surface area contributed by atoms with E-state index in [2.05, 4.69) is 14.9 Å². The van der Waals surface area contributed by atoms with Gasteiger partial charge in [0.1, 0.15) is 0 Å². The number of hydrogen-bond donors (Lipinski definition) is 3. The summed E-state index contributed by atoms with van der Waals surface area (Å²) in [6.07, 6.45) is 0. The highest BCUT2D eigenvalue weighted by atomic mass is 31.2. The maximum Gasteiger partial charge on any atom is 0.551 e. The van der Waals surface area contributed by atoms with Crippen LogP contribution < -0.4 is 11.2 Å². The fraction of sp³-hybridized carbons (Fsp3) is 0. The molecule has 0 heterocycles. The van der Waals surface area contributed by atoms with Gasteiger partial charge in [-0.25, -0.2) is 14.8 Å². The quantitative estimate of drug-likeness (QED) is 0.287. The number of hydrogen-bond acceptors (Lipinski definition) is 5. The van der Waals surface area contributed by atoms with Gasteiger partial charge < -0.3 is 10.3 Å². The normalized spacial score (nSPS) is 14.6. The van der Waals surface area contributed by atoms with Gasteiger partial charge in [0, 0.05) is 0 Å². The topological polar surface area (TPSA) is 128 Å². The smallest absolute Gasteiger partial charge is 0.372 e. The first-order chi connectivity index (χ1) is 4.98. The van der Waals surface area contributed by atoms with Crippen LogP contribution in [0.3, 0.4) is 0 Å². The maximum atomic E-state index is 10.3. The van der Waals surface area contributed by atoms with E-state index in [0.29, 0.717) is 0 Å². The van der Waals surface area contributed by atoms with Crippen molar-refractivity contribution in [2.45, 2.75) is 0 Å². The molecule has 0 aromatic carbocycles. The zero-order valence-electron chi connectivity index (χ0n) is 5.09. The third kappa shape index (κ3) is 5.34. The summed E-state index contributed by atoms with van der Waals surface area (Å²) in [4.78, 5) is 27.7. The number of rotatable bonds is 4. The van der Waals surface area contributed by atoms with Gasteiger partial charge in [-0.1, -0.05) is 0 Å². The van der Waals surface area contributed by atoms with Gasteiger partial charge in [0.25, 0.3) is 0 Å². The number of phosphoric acid groups is 1. The second-order valence-electron chi connectivity index (χ2n) is 1.23. The Morgan fingerprint density at radius 2 is 2.27 bits per heavy atom. The van der Waals surface area contributed by atoms with Crippen LogP contribution in [0.2, 0.25) is 0 Å². The van der Waals surface area contributed by atoms with Crippen molar-refractivity contribution in [3.05, 3.63) is 0 Å². The van der Waals surface area contributed by atoms with Crippen LogP contribution in [0.15, 0.2) is 0 Å². The number of carbonyl (C=O) groups excluding carboxylic acids is 2. The van der Waals surface area contributed by atoms with E-state index in [4.69, 9.17) is 4.89 Å². The fourth-order valence-electron chi connectivity index (χ4n) is 0.179. The Hall–Kier alpha value is -1.11. The third-order valence-corrected chi connectivity index (χ3v) is 1.11. The summed E-state index contributed by atoms with van der Waals surface area (Å²) in [6, 6.07) is -1.19. The van der Waals surface area contributed by atoms with Crippen molar-refractivity contribution in [1.29, 1.82) is 0 Å². The third-order valence-electron chi connectivity index (χ3n) is 0.438. The number of hydroxylamine groups is 1. The number of nitrogens with one attached hydrogen (secondary N) is 1. The molecular weight excluding hydrogens is 179 g/mol. The molecule has 1 unspecified atom stereocenters. The van der Waals surface area contributed by atoms with Crippen molar-refractivity contribution in [2.24, 2.45) is 5.73 Å². The molecule has 0 fully saturated rings. The second kappa shape index (κ2) is 3.91. The Balaban J connectivity index is 3.82. The fourth-order valence-corrected chi connectivity index (χ4v) is 0.536. The predicted octanol–water partition coefficient (Wildman–Crippen LogP) is -1.14. The molecule has 0 aliphatic carbocycles. The molecule has 0 bridgehead atoms. The number of nitrogens with two attached hydrogens (primary N) is 1. The van der Waals surface area contributed by atoms with Crippen LogP contribution in [-0.2, 0) is 18.5 Å². The van der Waals surface area contributed by atoms with Crippen molar-refractivity contribution in [2.75, 3.05) is 0 Å². The van der Waals surface area contributed by atoms with Crippen LogP contribution in [0.1, 0.15) is 0 Å². The van der Waals surface area contributed by atoms with Crippen LogP contribution in [-0.4, -0.2) is 17.4 Å². The first-order valence-corrected chi connectivity index (χ1v) is 3.66. The van der Waals surface area contributed by atoms with E-state index in [-0.39, 0.29) is 6.47 Å². The highest BCUT2D eigenvalue weighted by Gasteiger charge is 2.22. The molecule has 0 radical (unpaired) electrons. The van der Waals surface area contributed by atoms with E-state index in [1.165, 1.54) is 5.48 Å². The van der Waals surface area contributed by atoms with Crippen LogP contribution in [0, 0.1) is 0 Å². The summed E-state index contributed by atoms with van der Waals surface area (Å²) >= 11 is 0. The van der Waals surface area contributed by atoms with Crippen LogP contribution in [0.5, 0.6) is 0 Å². The average molecular weight is 184 g/mol. The number of carbonyl (C=O) groups is 2. The summed E-state index contributed by atoms with van der Waals surface area (Å²) in [6.45, 7) is -0.302. The van der Waals surface area contributed by atoms with Crippen molar-refractivity contribution < 1.29 is 28.2 Å². The van der Waals surface area contributed by atoms with Gasteiger partial charge in [0.15, 0.2) is 0 Å². The van der Waals surface area contributed by atoms with Crippen LogP contribution in [0.25, 0.3) is 0 Å². The molecule has 0 spiro atoms. The van der Waals surface area contributed by atoms with Crippen molar-refractivity contribution in [1.82, 2.24) is 5.48 Å². The molecule has 64 valence electrons. The average Bonchev–Trinajstić information content (AvgIpc) is 1.84. The zero-order valence-corrected chi connectivity index (χ0v) is 5.98. The van der Waals surface area contributed by atoms with E-state index in [1.54, 1.807) is 0 Å².